The van der Waals surface area contributed by atoms with Gasteiger partial charge in [-0.1, -0.05) is 11.8 Å². The second-order valence-electron chi connectivity index (χ2n) is 4.01. The third-order valence-corrected chi connectivity index (χ3v) is 3.15. The second kappa shape index (κ2) is 4.94. The number of hydrogen-bond donors (Lipinski definition) is 1. The van der Waals surface area contributed by atoms with E-state index in [4.69, 9.17) is 0 Å². The van der Waals surface area contributed by atoms with Crippen LogP contribution >= 0.6 is 11.8 Å². The summed E-state index contributed by atoms with van der Waals surface area (Å²) in [5, 5.41) is 4.39. The summed E-state index contributed by atoms with van der Waals surface area (Å²) in [5.41, 5.74) is 2.11. The van der Waals surface area contributed by atoms with Gasteiger partial charge in [0.1, 0.15) is 0 Å². The van der Waals surface area contributed by atoms with Crippen LogP contribution in [-0.2, 0) is 0 Å². The summed E-state index contributed by atoms with van der Waals surface area (Å²) in [6.07, 6.45) is 2.70. The van der Waals surface area contributed by atoms with E-state index in [1.807, 2.05) is 19.9 Å². The minimum Gasteiger partial charge on any atom is -0.313 e. The molecule has 1 aromatic heterocycles. The van der Waals surface area contributed by atoms with Gasteiger partial charge in [0.15, 0.2) is 5.16 Å². The fourth-order valence-electron chi connectivity index (χ4n) is 1.45. The Hall–Kier alpha value is -0.610. The zero-order chi connectivity index (χ0) is 10.7. The fraction of sp³-hybridized carbons (Fsp3) is 0.636. The summed E-state index contributed by atoms with van der Waals surface area (Å²) >= 11 is 1.73. The topological polar surface area (TPSA) is 37.8 Å². The summed E-state index contributed by atoms with van der Waals surface area (Å²) in [6, 6.07) is 2.80. The standard InChI is InChI=1S/C11H17N3S/c1-8-7-9(2)14-11(13-8)15-6-5-12-10-3-4-10/h7,10,12H,3-6H2,1-2H3. The lowest BCUT2D eigenvalue weighted by molar-refractivity contribution is 0.725. The van der Waals surface area contributed by atoms with E-state index in [-0.39, 0.29) is 0 Å². The summed E-state index contributed by atoms with van der Waals surface area (Å²) in [6.45, 7) is 5.09. The molecule has 1 aromatic rings. The summed E-state index contributed by atoms with van der Waals surface area (Å²) < 4.78 is 0. The van der Waals surface area contributed by atoms with Gasteiger partial charge < -0.3 is 5.32 Å². The molecule has 0 bridgehead atoms. The molecule has 1 heterocycles. The number of aryl methyl sites for hydroxylation is 2. The van der Waals surface area contributed by atoms with Crippen molar-refractivity contribution in [3.63, 3.8) is 0 Å². The first kappa shape index (κ1) is 10.9. The minimum atomic E-state index is 0.797. The summed E-state index contributed by atoms with van der Waals surface area (Å²) in [5.74, 6) is 1.05. The predicted molar refractivity (Wildman–Crippen MR) is 63.3 cm³/mol. The van der Waals surface area contributed by atoms with Crippen molar-refractivity contribution in [3.05, 3.63) is 17.5 Å². The highest BCUT2D eigenvalue weighted by Crippen LogP contribution is 2.19. The average Bonchev–Trinajstić information content (AvgIpc) is 2.94. The molecule has 82 valence electrons. The molecule has 0 spiro atoms. The van der Waals surface area contributed by atoms with Crippen LogP contribution in [0.25, 0.3) is 0 Å². The monoisotopic (exact) mass is 223 g/mol. The highest BCUT2D eigenvalue weighted by molar-refractivity contribution is 7.99. The van der Waals surface area contributed by atoms with Crippen molar-refractivity contribution in [3.8, 4) is 0 Å². The third-order valence-electron chi connectivity index (χ3n) is 2.31. The number of rotatable bonds is 5. The van der Waals surface area contributed by atoms with E-state index >= 15 is 0 Å². The smallest absolute Gasteiger partial charge is 0.188 e. The van der Waals surface area contributed by atoms with Gasteiger partial charge in [-0.05, 0) is 32.8 Å². The largest absolute Gasteiger partial charge is 0.313 e. The van der Waals surface area contributed by atoms with Crippen molar-refractivity contribution < 1.29 is 0 Å². The van der Waals surface area contributed by atoms with E-state index in [1.54, 1.807) is 11.8 Å². The minimum absolute atomic E-state index is 0.797. The quantitative estimate of drug-likeness (QED) is 0.470. The van der Waals surface area contributed by atoms with Crippen LogP contribution in [0.5, 0.6) is 0 Å². The molecule has 15 heavy (non-hydrogen) atoms. The van der Waals surface area contributed by atoms with Crippen LogP contribution < -0.4 is 5.32 Å². The number of thioether (sulfide) groups is 1. The van der Waals surface area contributed by atoms with Crippen molar-refractivity contribution in [2.45, 2.75) is 37.9 Å². The maximum Gasteiger partial charge on any atom is 0.188 e. The fourth-order valence-corrected chi connectivity index (χ4v) is 2.27. The Labute approximate surface area is 95.1 Å². The highest BCUT2D eigenvalue weighted by Gasteiger charge is 2.19. The Bertz CT molecular complexity index is 316. The zero-order valence-electron chi connectivity index (χ0n) is 9.29. The molecule has 0 radical (unpaired) electrons. The Morgan fingerprint density at radius 3 is 2.60 bits per heavy atom. The second-order valence-corrected chi connectivity index (χ2v) is 5.07. The molecule has 0 aliphatic heterocycles. The maximum atomic E-state index is 4.39. The molecule has 0 unspecified atom stereocenters. The van der Waals surface area contributed by atoms with Gasteiger partial charge in [-0.3, -0.25) is 0 Å². The van der Waals surface area contributed by atoms with Crippen LogP contribution in [0.3, 0.4) is 0 Å². The van der Waals surface area contributed by atoms with Crippen LogP contribution in [-0.4, -0.2) is 28.3 Å². The van der Waals surface area contributed by atoms with Gasteiger partial charge >= 0.3 is 0 Å². The van der Waals surface area contributed by atoms with E-state index in [2.05, 4.69) is 15.3 Å². The van der Waals surface area contributed by atoms with Gasteiger partial charge in [0.25, 0.3) is 0 Å². The summed E-state index contributed by atoms with van der Waals surface area (Å²) in [7, 11) is 0. The SMILES string of the molecule is Cc1cc(C)nc(SCCNC2CC2)n1. The Morgan fingerprint density at radius 1 is 1.33 bits per heavy atom. The Balaban J connectivity index is 1.76. The molecule has 1 fully saturated rings. The zero-order valence-corrected chi connectivity index (χ0v) is 10.1. The van der Waals surface area contributed by atoms with Crippen LogP contribution in [0.1, 0.15) is 24.2 Å². The number of nitrogens with one attached hydrogen (secondary N) is 1. The molecule has 0 atom stereocenters. The molecule has 3 nitrogen and oxygen atoms in total. The van der Waals surface area contributed by atoms with Gasteiger partial charge in [0.2, 0.25) is 0 Å². The predicted octanol–water partition coefficient (Wildman–Crippen LogP) is 1.94. The molecule has 1 saturated carbocycles. The van der Waals surface area contributed by atoms with E-state index < -0.39 is 0 Å². The summed E-state index contributed by atoms with van der Waals surface area (Å²) in [4.78, 5) is 8.78. The molecule has 2 rings (SSSR count). The van der Waals surface area contributed by atoms with Crippen molar-refractivity contribution in [2.75, 3.05) is 12.3 Å². The third kappa shape index (κ3) is 3.80. The van der Waals surface area contributed by atoms with E-state index in [0.29, 0.717) is 0 Å². The first-order valence-electron chi connectivity index (χ1n) is 5.42. The van der Waals surface area contributed by atoms with E-state index in [9.17, 15) is 0 Å². The molecule has 1 aliphatic carbocycles. The van der Waals surface area contributed by atoms with Crippen molar-refractivity contribution in [2.24, 2.45) is 0 Å². The lowest BCUT2D eigenvalue weighted by Gasteiger charge is -2.03. The normalized spacial score (nSPS) is 15.6. The van der Waals surface area contributed by atoms with Crippen LogP contribution in [0.15, 0.2) is 11.2 Å². The Kier molecular flexibility index (Phi) is 3.59. The van der Waals surface area contributed by atoms with Gasteiger partial charge in [-0.2, -0.15) is 0 Å². The average molecular weight is 223 g/mol. The van der Waals surface area contributed by atoms with E-state index in [1.165, 1.54) is 12.8 Å². The number of hydrogen-bond acceptors (Lipinski definition) is 4. The van der Waals surface area contributed by atoms with Crippen molar-refractivity contribution in [1.82, 2.24) is 15.3 Å². The molecule has 0 amide bonds. The highest BCUT2D eigenvalue weighted by atomic mass is 32.2. The number of aromatic nitrogens is 2. The van der Waals surface area contributed by atoms with Gasteiger partial charge in [0, 0.05) is 29.7 Å². The molecular formula is C11H17N3S. The molecule has 0 saturated heterocycles. The maximum absolute atomic E-state index is 4.39. The van der Waals surface area contributed by atoms with Crippen molar-refractivity contribution >= 4 is 11.8 Å². The first-order valence-corrected chi connectivity index (χ1v) is 6.41. The van der Waals surface area contributed by atoms with Gasteiger partial charge in [-0.15, -0.1) is 0 Å². The van der Waals surface area contributed by atoms with Gasteiger partial charge in [0.05, 0.1) is 0 Å². The lowest BCUT2D eigenvalue weighted by Crippen LogP contribution is -2.19. The van der Waals surface area contributed by atoms with Crippen LogP contribution in [0.2, 0.25) is 0 Å². The first-order chi connectivity index (χ1) is 7.24. The molecule has 1 aliphatic rings. The molecule has 1 N–H and O–H groups in total. The number of nitrogens with zero attached hydrogens (tertiary/aromatic N) is 2. The van der Waals surface area contributed by atoms with Gasteiger partial charge in [-0.25, -0.2) is 9.97 Å². The van der Waals surface area contributed by atoms with Crippen LogP contribution in [0, 0.1) is 13.8 Å². The Morgan fingerprint density at radius 2 is 2.00 bits per heavy atom. The van der Waals surface area contributed by atoms with Crippen molar-refractivity contribution in [1.29, 1.82) is 0 Å². The van der Waals surface area contributed by atoms with E-state index in [0.717, 1.165) is 34.9 Å². The van der Waals surface area contributed by atoms with Crippen LogP contribution in [0.4, 0.5) is 0 Å². The molecular weight excluding hydrogens is 206 g/mol. The lowest BCUT2D eigenvalue weighted by atomic mass is 10.4. The molecule has 0 aromatic carbocycles. The molecule has 4 heteroatoms.